The first-order chi connectivity index (χ1) is 10.1. The van der Waals surface area contributed by atoms with Gasteiger partial charge in [-0.15, -0.1) is 11.8 Å². The van der Waals surface area contributed by atoms with Crippen molar-refractivity contribution >= 4 is 34.7 Å². The van der Waals surface area contributed by atoms with Crippen molar-refractivity contribution in [3.63, 3.8) is 0 Å². The second kappa shape index (κ2) is 7.48. The Balaban J connectivity index is 2.23. The van der Waals surface area contributed by atoms with E-state index in [1.807, 2.05) is 12.1 Å². The van der Waals surface area contributed by atoms with Crippen LogP contribution < -0.4 is 11.1 Å². The molecule has 2 aromatic rings. The molecular formula is C17H20N2S2. The van der Waals surface area contributed by atoms with Crippen LogP contribution in [-0.4, -0.2) is 10.7 Å². The Morgan fingerprint density at radius 1 is 1.24 bits per heavy atom. The Kier molecular flexibility index (Phi) is 5.65. The number of nitrogens with two attached hydrogens (primary N) is 1. The van der Waals surface area contributed by atoms with Crippen LogP contribution in [0.15, 0.2) is 47.4 Å². The molecule has 110 valence electrons. The van der Waals surface area contributed by atoms with Gasteiger partial charge >= 0.3 is 0 Å². The molecule has 0 aliphatic carbocycles. The van der Waals surface area contributed by atoms with Crippen molar-refractivity contribution in [1.82, 2.24) is 0 Å². The van der Waals surface area contributed by atoms with Gasteiger partial charge in [0.25, 0.3) is 0 Å². The fraction of sp³-hybridized carbons (Fsp3) is 0.235. The van der Waals surface area contributed by atoms with Gasteiger partial charge in [0.15, 0.2) is 0 Å². The van der Waals surface area contributed by atoms with Crippen LogP contribution in [-0.2, 0) is 6.54 Å². The molecule has 3 N–H and O–H groups in total. The van der Waals surface area contributed by atoms with E-state index in [1.54, 1.807) is 11.8 Å². The summed E-state index contributed by atoms with van der Waals surface area (Å²) < 4.78 is 0. The van der Waals surface area contributed by atoms with E-state index >= 15 is 0 Å². The topological polar surface area (TPSA) is 38.0 Å². The number of rotatable bonds is 6. The zero-order valence-corrected chi connectivity index (χ0v) is 14.0. The molecule has 0 saturated heterocycles. The molecule has 0 atom stereocenters. The van der Waals surface area contributed by atoms with Gasteiger partial charge in [-0.2, -0.15) is 0 Å². The molecule has 2 nitrogen and oxygen atoms in total. The van der Waals surface area contributed by atoms with E-state index in [2.05, 4.69) is 49.5 Å². The molecule has 2 aromatic carbocycles. The van der Waals surface area contributed by atoms with Gasteiger partial charge in [0.1, 0.15) is 4.99 Å². The molecule has 0 aromatic heterocycles. The predicted molar refractivity (Wildman–Crippen MR) is 97.2 cm³/mol. The van der Waals surface area contributed by atoms with Crippen molar-refractivity contribution in [2.75, 3.05) is 11.1 Å². The average molecular weight is 316 g/mol. The lowest BCUT2D eigenvalue weighted by Gasteiger charge is -2.15. The van der Waals surface area contributed by atoms with Crippen LogP contribution in [0.4, 0.5) is 5.69 Å². The second-order valence-corrected chi connectivity index (χ2v) is 6.56. The van der Waals surface area contributed by atoms with Gasteiger partial charge < -0.3 is 11.1 Å². The van der Waals surface area contributed by atoms with Crippen LogP contribution >= 0.6 is 24.0 Å². The van der Waals surface area contributed by atoms with Gasteiger partial charge in [-0.3, -0.25) is 0 Å². The van der Waals surface area contributed by atoms with Crippen LogP contribution in [0.5, 0.6) is 0 Å². The van der Waals surface area contributed by atoms with Crippen LogP contribution in [0.1, 0.15) is 23.6 Å². The first-order valence-electron chi connectivity index (χ1n) is 6.97. The van der Waals surface area contributed by atoms with E-state index in [0.717, 1.165) is 28.4 Å². The highest BCUT2D eigenvalue weighted by Gasteiger charge is 2.11. The summed E-state index contributed by atoms with van der Waals surface area (Å²) in [4.78, 5) is 1.58. The van der Waals surface area contributed by atoms with Gasteiger partial charge in [0, 0.05) is 22.7 Å². The molecule has 0 aliphatic rings. The van der Waals surface area contributed by atoms with E-state index in [-0.39, 0.29) is 0 Å². The highest BCUT2D eigenvalue weighted by atomic mass is 32.2. The number of hydrogen-bond acceptors (Lipinski definition) is 3. The van der Waals surface area contributed by atoms with Crippen LogP contribution in [0.25, 0.3) is 0 Å². The summed E-state index contributed by atoms with van der Waals surface area (Å²) in [7, 11) is 0. The van der Waals surface area contributed by atoms with E-state index in [1.165, 1.54) is 11.1 Å². The zero-order valence-electron chi connectivity index (χ0n) is 12.3. The minimum absolute atomic E-state index is 0.443. The third-order valence-electron chi connectivity index (χ3n) is 3.14. The number of aryl methyl sites for hydroxylation is 1. The third-order valence-corrected chi connectivity index (χ3v) is 4.28. The monoisotopic (exact) mass is 316 g/mol. The predicted octanol–water partition coefficient (Wildman–Crippen LogP) is 4.35. The summed E-state index contributed by atoms with van der Waals surface area (Å²) in [6.45, 7) is 4.99. The number of anilines is 1. The highest BCUT2D eigenvalue weighted by molar-refractivity contribution is 7.99. The minimum atomic E-state index is 0.443. The van der Waals surface area contributed by atoms with E-state index in [0.29, 0.717) is 4.99 Å². The summed E-state index contributed by atoms with van der Waals surface area (Å²) in [6, 6.07) is 14.6. The maximum absolute atomic E-state index is 5.92. The minimum Gasteiger partial charge on any atom is -0.389 e. The lowest BCUT2D eigenvalue weighted by Crippen LogP contribution is -2.14. The van der Waals surface area contributed by atoms with Crippen molar-refractivity contribution in [1.29, 1.82) is 0 Å². The van der Waals surface area contributed by atoms with E-state index in [9.17, 15) is 0 Å². The van der Waals surface area contributed by atoms with Crippen molar-refractivity contribution in [3.8, 4) is 0 Å². The number of benzene rings is 2. The molecule has 21 heavy (non-hydrogen) atoms. The number of hydrogen-bond donors (Lipinski definition) is 2. The Morgan fingerprint density at radius 2 is 2.00 bits per heavy atom. The largest absolute Gasteiger partial charge is 0.389 e. The molecule has 4 heteroatoms. The standard InChI is InChI=1S/C17H20N2S2/c1-3-21-15-9-5-8-14(16(15)17(18)20)19-11-13-7-4-6-12(2)10-13/h4-10,19H,3,11H2,1-2H3,(H2,18,20). The molecule has 0 amide bonds. The number of thiocarbonyl (C=S) groups is 1. The molecule has 0 heterocycles. The molecule has 0 fully saturated rings. The quantitative estimate of drug-likeness (QED) is 0.614. The number of nitrogens with one attached hydrogen (secondary N) is 1. The smallest absolute Gasteiger partial charge is 0.107 e. The fourth-order valence-corrected chi connectivity index (χ4v) is 3.36. The molecule has 0 radical (unpaired) electrons. The highest BCUT2D eigenvalue weighted by Crippen LogP contribution is 2.28. The van der Waals surface area contributed by atoms with Gasteiger partial charge in [0.05, 0.1) is 0 Å². The summed E-state index contributed by atoms with van der Waals surface area (Å²) in [5.74, 6) is 0.997. The van der Waals surface area contributed by atoms with Gasteiger partial charge in [-0.05, 0) is 30.4 Å². The molecule has 0 aliphatic heterocycles. The Labute approximate surface area is 136 Å². The normalized spacial score (nSPS) is 10.4. The Bertz CT molecular complexity index is 638. The SMILES string of the molecule is CCSc1cccc(NCc2cccc(C)c2)c1C(N)=S. The molecular weight excluding hydrogens is 296 g/mol. The first kappa shape index (κ1) is 15.9. The Hall–Kier alpha value is -1.52. The second-order valence-electron chi connectivity index (χ2n) is 4.82. The van der Waals surface area contributed by atoms with Gasteiger partial charge in [-0.25, -0.2) is 0 Å². The van der Waals surface area contributed by atoms with Crippen molar-refractivity contribution in [3.05, 3.63) is 59.2 Å². The Morgan fingerprint density at radius 3 is 2.67 bits per heavy atom. The van der Waals surface area contributed by atoms with Crippen LogP contribution in [0.2, 0.25) is 0 Å². The number of thioether (sulfide) groups is 1. The average Bonchev–Trinajstić information content (AvgIpc) is 2.45. The lowest BCUT2D eigenvalue weighted by atomic mass is 10.1. The van der Waals surface area contributed by atoms with Crippen molar-refractivity contribution in [2.45, 2.75) is 25.3 Å². The van der Waals surface area contributed by atoms with Crippen LogP contribution in [0, 0.1) is 6.92 Å². The molecule has 2 rings (SSSR count). The zero-order chi connectivity index (χ0) is 15.2. The summed E-state index contributed by atoms with van der Waals surface area (Å²) in [5.41, 5.74) is 10.4. The maximum atomic E-state index is 5.92. The van der Waals surface area contributed by atoms with Gasteiger partial charge in [0.2, 0.25) is 0 Å². The van der Waals surface area contributed by atoms with Crippen LogP contribution in [0.3, 0.4) is 0 Å². The molecule has 0 spiro atoms. The van der Waals surface area contributed by atoms with Gasteiger partial charge in [-0.1, -0.05) is 55.0 Å². The van der Waals surface area contributed by atoms with E-state index in [4.69, 9.17) is 18.0 Å². The third kappa shape index (κ3) is 4.22. The molecule has 0 unspecified atom stereocenters. The maximum Gasteiger partial charge on any atom is 0.107 e. The lowest BCUT2D eigenvalue weighted by molar-refractivity contribution is 1.13. The summed E-state index contributed by atoms with van der Waals surface area (Å²) >= 11 is 6.99. The van der Waals surface area contributed by atoms with Crippen molar-refractivity contribution in [2.24, 2.45) is 5.73 Å². The fourth-order valence-electron chi connectivity index (χ4n) is 2.23. The first-order valence-corrected chi connectivity index (χ1v) is 8.36. The van der Waals surface area contributed by atoms with E-state index < -0.39 is 0 Å². The summed E-state index contributed by atoms with van der Waals surface area (Å²) in [5, 5.41) is 3.46. The van der Waals surface area contributed by atoms with Crippen molar-refractivity contribution < 1.29 is 0 Å². The molecule has 0 bridgehead atoms. The molecule has 0 saturated carbocycles. The summed E-state index contributed by atoms with van der Waals surface area (Å²) in [6.07, 6.45) is 0.